The smallest absolute Gasteiger partial charge is 0.186 e. The molecule has 2 aliphatic heterocycles. The molecule has 16 atom stereocenters. The minimum atomic E-state index is -1.32. The van der Waals surface area contributed by atoms with Crippen molar-refractivity contribution in [2.45, 2.75) is 160 Å². The van der Waals surface area contributed by atoms with E-state index in [9.17, 15) is 35.7 Å². The summed E-state index contributed by atoms with van der Waals surface area (Å²) in [6.07, 6.45) is 0.117. The minimum Gasteiger partial charge on any atom is -0.396 e. The summed E-state index contributed by atoms with van der Waals surface area (Å²) in [4.78, 5) is 0. The molecule has 10 nitrogen and oxygen atoms in total. The van der Waals surface area contributed by atoms with Gasteiger partial charge in [-0.05, 0) is 112 Å². The summed E-state index contributed by atoms with van der Waals surface area (Å²) >= 11 is 0. The van der Waals surface area contributed by atoms with Crippen LogP contribution in [-0.2, 0) is 14.2 Å². The van der Waals surface area contributed by atoms with Crippen molar-refractivity contribution in [1.82, 2.24) is 0 Å². The van der Waals surface area contributed by atoms with Crippen LogP contribution in [0.4, 0.5) is 0 Å². The highest BCUT2D eigenvalue weighted by Gasteiger charge is 2.86. The lowest BCUT2D eigenvalue weighted by atomic mass is 9.40. The van der Waals surface area contributed by atoms with Crippen LogP contribution in [0.15, 0.2) is 0 Å². The van der Waals surface area contributed by atoms with Crippen molar-refractivity contribution in [3.05, 3.63) is 0 Å². The van der Waals surface area contributed by atoms with Gasteiger partial charge in [-0.25, -0.2) is 0 Å². The zero-order valence-electron chi connectivity index (χ0n) is 28.0. The topological polar surface area (TPSA) is 169 Å². The van der Waals surface area contributed by atoms with Crippen molar-refractivity contribution < 1.29 is 50.0 Å². The highest BCUT2D eigenvalue weighted by Crippen LogP contribution is 2.89. The van der Waals surface area contributed by atoms with E-state index in [0.717, 1.165) is 32.1 Å². The molecule has 7 aliphatic rings. The first-order valence-corrected chi connectivity index (χ1v) is 17.5. The third kappa shape index (κ3) is 4.10. The fourth-order valence-electron chi connectivity index (χ4n) is 13.5. The summed E-state index contributed by atoms with van der Waals surface area (Å²) in [7, 11) is 0. The van der Waals surface area contributed by atoms with E-state index in [0.29, 0.717) is 31.6 Å². The standard InChI is InChI=1S/C35H58O10/c1-29(2)20-7-8-21-31(5)13-18(37)27(32(6)11-9-24(45-32)30(3,4)42)35(31,17-36)22(39)14-34(21)16-33(20,34)12-10-23(29)44-28-26(41)25(40)19(38)15-43-28/h18-28,36-42H,7-17H2,1-6H3/t18-,19+,20-,21-,22-,23-,24+,25-,26+,27+,28-,31-,32-,33+,34-,35+/m0/s1. The van der Waals surface area contributed by atoms with Crippen LogP contribution in [0.1, 0.15) is 99.3 Å². The van der Waals surface area contributed by atoms with E-state index >= 15 is 0 Å². The van der Waals surface area contributed by atoms with Crippen molar-refractivity contribution in [2.75, 3.05) is 13.2 Å². The zero-order valence-corrected chi connectivity index (χ0v) is 28.0. The molecule has 2 spiro atoms. The molecule has 10 heteroatoms. The summed E-state index contributed by atoms with van der Waals surface area (Å²) in [6.45, 7) is 11.9. The van der Waals surface area contributed by atoms with Gasteiger partial charge in [0.15, 0.2) is 6.29 Å². The van der Waals surface area contributed by atoms with Gasteiger partial charge in [-0.1, -0.05) is 20.8 Å². The predicted octanol–water partition coefficient (Wildman–Crippen LogP) is 1.87. The van der Waals surface area contributed by atoms with Gasteiger partial charge in [0.1, 0.15) is 18.3 Å². The number of aliphatic hydroxyl groups excluding tert-OH is 6. The van der Waals surface area contributed by atoms with Crippen LogP contribution in [0.25, 0.3) is 0 Å². The normalized spacial score (nSPS) is 58.7. The largest absolute Gasteiger partial charge is 0.396 e. The fourth-order valence-corrected chi connectivity index (χ4v) is 13.5. The van der Waals surface area contributed by atoms with E-state index < -0.39 is 64.8 Å². The molecule has 0 bridgehead atoms. The summed E-state index contributed by atoms with van der Waals surface area (Å²) < 4.78 is 18.6. The summed E-state index contributed by atoms with van der Waals surface area (Å²) in [5.74, 6) is 0.0995. The highest BCUT2D eigenvalue weighted by molar-refractivity contribution is 5.34. The van der Waals surface area contributed by atoms with Crippen molar-refractivity contribution >= 4 is 0 Å². The van der Waals surface area contributed by atoms with Crippen LogP contribution in [-0.4, -0.2) is 109 Å². The van der Waals surface area contributed by atoms with Gasteiger partial charge in [0.2, 0.25) is 0 Å². The number of hydrogen-bond acceptors (Lipinski definition) is 10. The van der Waals surface area contributed by atoms with Crippen LogP contribution in [0.2, 0.25) is 0 Å². The summed E-state index contributed by atoms with van der Waals surface area (Å²) in [5.41, 5.74) is -3.54. The molecular weight excluding hydrogens is 580 g/mol. The van der Waals surface area contributed by atoms with Crippen LogP contribution in [0, 0.1) is 44.8 Å². The molecule has 0 aromatic carbocycles. The van der Waals surface area contributed by atoms with Gasteiger partial charge < -0.3 is 50.0 Å². The van der Waals surface area contributed by atoms with Crippen molar-refractivity contribution in [1.29, 1.82) is 0 Å². The highest BCUT2D eigenvalue weighted by atomic mass is 16.7. The minimum absolute atomic E-state index is 0.0232. The van der Waals surface area contributed by atoms with E-state index in [1.807, 2.05) is 6.92 Å². The second-order valence-corrected chi connectivity index (χ2v) is 18.1. The molecule has 0 aromatic rings. The SMILES string of the molecule is CC(C)(O)[C@H]1CC[C@@](C)([C@H]2[C@@H](O)C[C@@]3(C)[C@@H]4CC[C@H]5C(C)(C)[C@@H](O[C@@H]6OC[C@@H](O)[C@H](O)[C@H]6O)CC[C@@]56C[C@@]46C[C@H](O)[C@]23CO)O1. The van der Waals surface area contributed by atoms with Crippen LogP contribution in [0.5, 0.6) is 0 Å². The first-order chi connectivity index (χ1) is 20.8. The van der Waals surface area contributed by atoms with E-state index in [1.54, 1.807) is 13.8 Å². The molecule has 258 valence electrons. The average Bonchev–Trinajstić information content (AvgIpc) is 3.27. The van der Waals surface area contributed by atoms with Crippen molar-refractivity contribution in [3.63, 3.8) is 0 Å². The van der Waals surface area contributed by atoms with Crippen LogP contribution < -0.4 is 0 Å². The summed E-state index contributed by atoms with van der Waals surface area (Å²) in [6, 6.07) is 0. The van der Waals surface area contributed by atoms with E-state index in [1.165, 1.54) is 0 Å². The second kappa shape index (κ2) is 10.1. The maximum atomic E-state index is 12.4. The van der Waals surface area contributed by atoms with Gasteiger partial charge in [-0.3, -0.25) is 0 Å². The molecule has 7 N–H and O–H groups in total. The molecule has 0 radical (unpaired) electrons. The molecule has 5 saturated carbocycles. The zero-order chi connectivity index (χ0) is 32.8. The number of fused-ring (bicyclic) bond motifs is 2. The molecule has 0 amide bonds. The molecule has 5 aliphatic carbocycles. The Labute approximate surface area is 267 Å². The van der Waals surface area contributed by atoms with Crippen LogP contribution in [0.3, 0.4) is 0 Å². The third-order valence-electron chi connectivity index (χ3n) is 15.5. The Kier molecular flexibility index (Phi) is 7.42. The Morgan fingerprint density at radius 2 is 1.51 bits per heavy atom. The Morgan fingerprint density at radius 3 is 2.16 bits per heavy atom. The maximum Gasteiger partial charge on any atom is 0.186 e. The Hall–Kier alpha value is -0.400. The third-order valence-corrected chi connectivity index (χ3v) is 15.5. The Bertz CT molecular complexity index is 1170. The number of aliphatic hydroxyl groups is 7. The monoisotopic (exact) mass is 638 g/mol. The van der Waals surface area contributed by atoms with E-state index in [4.69, 9.17) is 14.2 Å². The number of ether oxygens (including phenoxy) is 3. The molecule has 7 rings (SSSR count). The fraction of sp³-hybridized carbons (Fsp3) is 1.00. The first-order valence-electron chi connectivity index (χ1n) is 17.5. The Morgan fingerprint density at radius 1 is 0.822 bits per heavy atom. The summed E-state index contributed by atoms with van der Waals surface area (Å²) in [5, 5.41) is 77.2. The maximum absolute atomic E-state index is 12.4. The number of rotatable bonds is 5. The molecule has 2 heterocycles. The lowest BCUT2D eigenvalue weighted by Gasteiger charge is -2.65. The quantitative estimate of drug-likeness (QED) is 0.221. The van der Waals surface area contributed by atoms with Gasteiger partial charge >= 0.3 is 0 Å². The predicted molar refractivity (Wildman–Crippen MR) is 163 cm³/mol. The van der Waals surface area contributed by atoms with Gasteiger partial charge in [-0.15, -0.1) is 0 Å². The molecule has 0 aromatic heterocycles. The van der Waals surface area contributed by atoms with Gasteiger partial charge in [0.25, 0.3) is 0 Å². The lowest BCUT2D eigenvalue weighted by molar-refractivity contribution is -0.304. The van der Waals surface area contributed by atoms with Crippen molar-refractivity contribution in [3.8, 4) is 0 Å². The molecule has 7 fully saturated rings. The van der Waals surface area contributed by atoms with E-state index in [-0.39, 0.29) is 47.6 Å². The van der Waals surface area contributed by atoms with Gasteiger partial charge in [0, 0.05) is 11.3 Å². The second-order valence-electron chi connectivity index (χ2n) is 18.1. The van der Waals surface area contributed by atoms with Gasteiger partial charge in [0.05, 0.1) is 48.8 Å². The Balaban J connectivity index is 1.17. The van der Waals surface area contributed by atoms with E-state index in [2.05, 4.69) is 20.8 Å². The van der Waals surface area contributed by atoms with Gasteiger partial charge in [-0.2, -0.15) is 0 Å². The van der Waals surface area contributed by atoms with Crippen LogP contribution >= 0.6 is 0 Å². The van der Waals surface area contributed by atoms with Crippen molar-refractivity contribution in [2.24, 2.45) is 44.8 Å². The molecule has 45 heavy (non-hydrogen) atoms. The number of hydrogen-bond donors (Lipinski definition) is 7. The average molecular weight is 639 g/mol. The molecule has 2 saturated heterocycles. The lowest BCUT2D eigenvalue weighted by Crippen LogP contribution is -2.66. The molecular formula is C35H58O10. The molecule has 0 unspecified atom stereocenters. The first kappa shape index (κ1) is 33.1.